The van der Waals surface area contributed by atoms with Crippen molar-refractivity contribution in [1.29, 1.82) is 0 Å². The largest absolute Gasteiger partial charge is 0.493 e. The molecule has 0 spiro atoms. The standard InChI is InChI=1S/C30H31N3O5/c34-29(23-5-4-8-27(17-23)38-26-6-2-1-3-7-26)32-24-11-14-28(31-18-24)33-16-15-21(19-33)20-37-25-12-9-22(10-13-25)30(35)36/h1-2,4-6,8-14,17-18,21,30,35-36H,3,7,15-16,19-20H2,(H,32,34). The minimum atomic E-state index is -1.48. The number of benzene rings is 2. The van der Waals surface area contributed by atoms with Crippen LogP contribution in [0, 0.1) is 5.92 Å². The van der Waals surface area contributed by atoms with E-state index in [1.54, 1.807) is 42.6 Å². The number of aliphatic hydroxyl groups excluding tert-OH is 1. The highest BCUT2D eigenvalue weighted by Gasteiger charge is 2.24. The molecule has 0 radical (unpaired) electrons. The lowest BCUT2D eigenvalue weighted by Crippen LogP contribution is -2.22. The molecule has 1 fully saturated rings. The van der Waals surface area contributed by atoms with E-state index >= 15 is 0 Å². The third-order valence-electron chi connectivity index (χ3n) is 6.60. The van der Waals surface area contributed by atoms with Crippen molar-refractivity contribution in [3.05, 3.63) is 102 Å². The smallest absolute Gasteiger partial charge is 0.255 e. The molecular formula is C30H31N3O5. The van der Waals surface area contributed by atoms with E-state index < -0.39 is 6.29 Å². The molecule has 1 aliphatic heterocycles. The molecule has 2 aliphatic rings. The number of nitrogens with one attached hydrogen (secondary N) is 1. The monoisotopic (exact) mass is 513 g/mol. The highest BCUT2D eigenvalue weighted by Crippen LogP contribution is 2.25. The molecule has 1 unspecified atom stereocenters. The summed E-state index contributed by atoms with van der Waals surface area (Å²) in [4.78, 5) is 19.6. The van der Waals surface area contributed by atoms with Crippen LogP contribution in [-0.4, -0.2) is 40.8 Å². The Balaban J connectivity index is 1.11. The quantitative estimate of drug-likeness (QED) is 0.352. The number of anilines is 2. The zero-order chi connectivity index (χ0) is 26.3. The van der Waals surface area contributed by atoms with Crippen LogP contribution < -0.4 is 19.7 Å². The van der Waals surface area contributed by atoms with Crippen LogP contribution in [0.2, 0.25) is 0 Å². The minimum absolute atomic E-state index is 0.220. The van der Waals surface area contributed by atoms with Gasteiger partial charge in [-0.25, -0.2) is 4.98 Å². The van der Waals surface area contributed by atoms with Crippen molar-refractivity contribution in [2.45, 2.75) is 25.6 Å². The Morgan fingerprint density at radius 2 is 1.97 bits per heavy atom. The summed E-state index contributed by atoms with van der Waals surface area (Å²) >= 11 is 0. The summed E-state index contributed by atoms with van der Waals surface area (Å²) in [5.74, 6) is 3.22. The number of ether oxygens (including phenoxy) is 2. The summed E-state index contributed by atoms with van der Waals surface area (Å²) in [5.41, 5.74) is 1.58. The van der Waals surface area contributed by atoms with Crippen molar-refractivity contribution in [2.75, 3.05) is 29.9 Å². The fourth-order valence-corrected chi connectivity index (χ4v) is 4.50. The van der Waals surface area contributed by atoms with Gasteiger partial charge in [0.05, 0.1) is 18.5 Å². The first-order chi connectivity index (χ1) is 18.5. The fraction of sp³-hybridized carbons (Fsp3) is 0.267. The van der Waals surface area contributed by atoms with E-state index in [1.165, 1.54) is 0 Å². The maximum atomic E-state index is 12.8. The van der Waals surface area contributed by atoms with E-state index in [4.69, 9.17) is 9.47 Å². The SMILES string of the molecule is O=C(Nc1ccc(N2CCC(COc3ccc(C(O)O)cc3)C2)nc1)c1cccc(OC2=CC=CCC2)c1. The molecule has 5 rings (SSSR count). The molecule has 3 N–H and O–H groups in total. The molecule has 1 saturated heterocycles. The number of nitrogens with zero attached hydrogens (tertiary/aromatic N) is 2. The predicted octanol–water partition coefficient (Wildman–Crippen LogP) is 4.84. The molecule has 0 bridgehead atoms. The predicted molar refractivity (Wildman–Crippen MR) is 145 cm³/mol. The van der Waals surface area contributed by atoms with Crippen molar-refractivity contribution in [3.8, 4) is 11.5 Å². The second kappa shape index (κ2) is 11.9. The number of hydrogen-bond donors (Lipinski definition) is 3. The van der Waals surface area contributed by atoms with Gasteiger partial charge >= 0.3 is 0 Å². The first kappa shape index (κ1) is 25.5. The molecule has 2 heterocycles. The average Bonchev–Trinajstić information content (AvgIpc) is 3.42. The number of allylic oxidation sites excluding steroid dienone is 4. The van der Waals surface area contributed by atoms with Gasteiger partial charge in [-0.3, -0.25) is 4.79 Å². The van der Waals surface area contributed by atoms with Crippen LogP contribution in [0.3, 0.4) is 0 Å². The Bertz CT molecular complexity index is 1300. The number of aromatic nitrogens is 1. The van der Waals surface area contributed by atoms with Crippen LogP contribution in [0.4, 0.5) is 11.5 Å². The fourth-order valence-electron chi connectivity index (χ4n) is 4.50. The van der Waals surface area contributed by atoms with Gasteiger partial charge in [-0.1, -0.05) is 30.4 Å². The number of aliphatic hydroxyl groups is 2. The van der Waals surface area contributed by atoms with Crippen LogP contribution in [-0.2, 0) is 0 Å². The lowest BCUT2D eigenvalue weighted by atomic mass is 10.1. The van der Waals surface area contributed by atoms with Crippen LogP contribution in [0.15, 0.2) is 90.8 Å². The van der Waals surface area contributed by atoms with E-state index in [0.29, 0.717) is 40.8 Å². The molecule has 1 amide bonds. The first-order valence-electron chi connectivity index (χ1n) is 12.8. The Morgan fingerprint density at radius 1 is 1.11 bits per heavy atom. The Morgan fingerprint density at radius 3 is 2.71 bits per heavy atom. The van der Waals surface area contributed by atoms with Crippen LogP contribution in [0.1, 0.15) is 41.5 Å². The Labute approximate surface area is 221 Å². The molecule has 196 valence electrons. The summed E-state index contributed by atoms with van der Waals surface area (Å²) in [7, 11) is 0. The van der Waals surface area contributed by atoms with Gasteiger partial charge in [0.2, 0.25) is 0 Å². The van der Waals surface area contributed by atoms with Gasteiger partial charge in [0.1, 0.15) is 23.1 Å². The number of carbonyl (C=O) groups is 1. The Hall–Kier alpha value is -4.14. The van der Waals surface area contributed by atoms with Gasteiger partial charge in [-0.2, -0.15) is 0 Å². The van der Waals surface area contributed by atoms with Crippen molar-refractivity contribution in [2.24, 2.45) is 5.92 Å². The maximum absolute atomic E-state index is 12.8. The summed E-state index contributed by atoms with van der Waals surface area (Å²) in [6, 6.07) is 17.7. The second-order valence-corrected chi connectivity index (χ2v) is 9.44. The van der Waals surface area contributed by atoms with Crippen LogP contribution >= 0.6 is 0 Å². The molecule has 2 aromatic carbocycles. The molecule has 3 aromatic rings. The van der Waals surface area contributed by atoms with Gasteiger partial charge in [-0.05, 0) is 61.4 Å². The van der Waals surface area contributed by atoms with Gasteiger partial charge in [-0.15, -0.1) is 0 Å². The molecule has 38 heavy (non-hydrogen) atoms. The van der Waals surface area contributed by atoms with E-state index in [9.17, 15) is 15.0 Å². The summed E-state index contributed by atoms with van der Waals surface area (Å²) < 4.78 is 11.8. The van der Waals surface area contributed by atoms with E-state index in [-0.39, 0.29) is 5.91 Å². The van der Waals surface area contributed by atoms with Crippen molar-refractivity contribution >= 4 is 17.4 Å². The third-order valence-corrected chi connectivity index (χ3v) is 6.60. The molecule has 1 aromatic heterocycles. The molecule has 8 nitrogen and oxygen atoms in total. The van der Waals surface area contributed by atoms with E-state index in [1.807, 2.05) is 36.4 Å². The topological polar surface area (TPSA) is 104 Å². The van der Waals surface area contributed by atoms with Gasteiger partial charge in [0.15, 0.2) is 6.29 Å². The van der Waals surface area contributed by atoms with Gasteiger partial charge in [0, 0.05) is 36.6 Å². The van der Waals surface area contributed by atoms with Crippen molar-refractivity contribution in [3.63, 3.8) is 0 Å². The van der Waals surface area contributed by atoms with E-state index in [0.717, 1.165) is 43.9 Å². The number of pyridine rings is 1. The first-order valence-corrected chi connectivity index (χ1v) is 12.8. The molecular weight excluding hydrogens is 482 g/mol. The number of rotatable bonds is 9. The number of carbonyl (C=O) groups excluding carboxylic acids is 1. The normalized spacial score (nSPS) is 16.9. The molecule has 1 atom stereocenters. The van der Waals surface area contributed by atoms with Crippen molar-refractivity contribution < 1.29 is 24.5 Å². The van der Waals surface area contributed by atoms with Gasteiger partial charge in [0.25, 0.3) is 5.91 Å². The highest BCUT2D eigenvalue weighted by atomic mass is 16.5. The van der Waals surface area contributed by atoms with Crippen LogP contribution in [0.25, 0.3) is 0 Å². The van der Waals surface area contributed by atoms with Crippen molar-refractivity contribution in [1.82, 2.24) is 4.98 Å². The molecule has 8 heteroatoms. The van der Waals surface area contributed by atoms with Crippen LogP contribution in [0.5, 0.6) is 11.5 Å². The zero-order valence-electron chi connectivity index (χ0n) is 21.0. The van der Waals surface area contributed by atoms with Gasteiger partial charge < -0.3 is 29.9 Å². The highest BCUT2D eigenvalue weighted by molar-refractivity contribution is 6.04. The molecule has 1 aliphatic carbocycles. The average molecular weight is 514 g/mol. The van der Waals surface area contributed by atoms with E-state index in [2.05, 4.69) is 21.3 Å². The lowest BCUT2D eigenvalue weighted by Gasteiger charge is -2.18. The minimum Gasteiger partial charge on any atom is -0.493 e. The number of amides is 1. The number of hydrogen-bond acceptors (Lipinski definition) is 7. The second-order valence-electron chi connectivity index (χ2n) is 9.44. The summed E-state index contributed by atoms with van der Waals surface area (Å²) in [6.45, 7) is 2.27. The Kier molecular flexibility index (Phi) is 8.01. The summed E-state index contributed by atoms with van der Waals surface area (Å²) in [5, 5.41) is 21.3. The lowest BCUT2D eigenvalue weighted by molar-refractivity contribution is -0.0425. The zero-order valence-corrected chi connectivity index (χ0v) is 21.0. The molecule has 0 saturated carbocycles. The maximum Gasteiger partial charge on any atom is 0.255 e. The third kappa shape index (κ3) is 6.59. The summed E-state index contributed by atoms with van der Waals surface area (Å²) in [6.07, 6.45) is 9.01.